The summed E-state index contributed by atoms with van der Waals surface area (Å²) in [6.45, 7) is 2.82. The summed E-state index contributed by atoms with van der Waals surface area (Å²) in [5, 5.41) is 14.5. The normalized spacial score (nSPS) is 12.3. The van der Waals surface area contributed by atoms with E-state index in [9.17, 15) is 0 Å². The van der Waals surface area contributed by atoms with E-state index in [2.05, 4.69) is 66.5 Å². The Bertz CT molecular complexity index is 644. The first kappa shape index (κ1) is 14.3. The number of allylic oxidation sites excluding steroid dienone is 1. The van der Waals surface area contributed by atoms with Crippen LogP contribution in [0.1, 0.15) is 18.5 Å². The van der Waals surface area contributed by atoms with Gasteiger partial charge in [0.2, 0.25) is 0 Å². The first-order chi connectivity index (χ1) is 9.83. The second-order valence-electron chi connectivity index (χ2n) is 4.58. The Morgan fingerprint density at radius 2 is 2.00 bits per heavy atom. The highest BCUT2D eigenvalue weighted by Crippen LogP contribution is 2.23. The maximum Gasteiger partial charge on any atom is 0.104 e. The molecule has 2 aromatic carbocycles. The molecule has 0 bridgehead atoms. The predicted octanol–water partition coefficient (Wildman–Crippen LogP) is 3.04. The van der Waals surface area contributed by atoms with Crippen LogP contribution < -0.4 is 5.32 Å². The lowest BCUT2D eigenvalue weighted by Crippen LogP contribution is -2.18. The Kier molecular flexibility index (Phi) is 5.37. The number of aliphatic hydroxyl groups excluding tert-OH is 1. The van der Waals surface area contributed by atoms with Crippen molar-refractivity contribution in [3.63, 3.8) is 0 Å². The molecule has 0 aliphatic rings. The van der Waals surface area contributed by atoms with Crippen molar-refractivity contribution in [2.24, 2.45) is 0 Å². The van der Waals surface area contributed by atoms with Crippen LogP contribution >= 0.6 is 0 Å². The summed E-state index contributed by atoms with van der Waals surface area (Å²) in [5.74, 6) is 5.34. The minimum Gasteiger partial charge on any atom is -0.384 e. The molecule has 0 aliphatic heterocycles. The van der Waals surface area contributed by atoms with E-state index < -0.39 is 0 Å². The minimum absolute atomic E-state index is 0.0931. The molecule has 0 spiro atoms. The van der Waals surface area contributed by atoms with Crippen molar-refractivity contribution in [2.45, 2.75) is 13.0 Å². The molecule has 0 heterocycles. The predicted molar refractivity (Wildman–Crippen MR) is 84.4 cm³/mol. The van der Waals surface area contributed by atoms with Gasteiger partial charge in [0.05, 0.1) is 0 Å². The van der Waals surface area contributed by atoms with Crippen LogP contribution in [0.3, 0.4) is 0 Å². The number of fused-ring (bicyclic) bond motifs is 1. The van der Waals surface area contributed by atoms with Gasteiger partial charge in [0, 0.05) is 12.6 Å². The van der Waals surface area contributed by atoms with Crippen LogP contribution in [0.4, 0.5) is 0 Å². The van der Waals surface area contributed by atoms with Crippen molar-refractivity contribution in [2.75, 3.05) is 13.2 Å². The Hall–Kier alpha value is -2.08. The molecular weight excluding hydrogens is 246 g/mol. The van der Waals surface area contributed by atoms with Crippen molar-refractivity contribution in [1.82, 2.24) is 5.32 Å². The van der Waals surface area contributed by atoms with Gasteiger partial charge in [-0.2, -0.15) is 0 Å². The van der Waals surface area contributed by atoms with E-state index in [0.29, 0.717) is 0 Å². The van der Waals surface area contributed by atoms with Gasteiger partial charge in [0.25, 0.3) is 0 Å². The van der Waals surface area contributed by atoms with Crippen LogP contribution in [0, 0.1) is 11.8 Å². The molecule has 0 fully saturated rings. The number of aliphatic hydroxyl groups is 1. The van der Waals surface area contributed by atoms with Gasteiger partial charge in [-0.1, -0.05) is 60.4 Å². The summed E-state index contributed by atoms with van der Waals surface area (Å²) < 4.78 is 0. The van der Waals surface area contributed by atoms with Crippen molar-refractivity contribution >= 4 is 10.8 Å². The number of rotatable bonds is 4. The minimum atomic E-state index is -0.0931. The zero-order valence-electron chi connectivity index (χ0n) is 11.6. The van der Waals surface area contributed by atoms with E-state index in [0.717, 1.165) is 6.54 Å². The van der Waals surface area contributed by atoms with Gasteiger partial charge in [0.15, 0.2) is 0 Å². The second-order valence-corrected chi connectivity index (χ2v) is 4.58. The first-order valence-corrected chi connectivity index (χ1v) is 6.78. The molecule has 102 valence electrons. The molecule has 2 rings (SSSR count). The lowest BCUT2D eigenvalue weighted by atomic mass is 10.00. The third-order valence-electron chi connectivity index (χ3n) is 3.21. The van der Waals surface area contributed by atoms with E-state index in [-0.39, 0.29) is 12.6 Å². The van der Waals surface area contributed by atoms with Gasteiger partial charge in [-0.25, -0.2) is 0 Å². The summed E-state index contributed by atoms with van der Waals surface area (Å²) in [6, 6.07) is 15.1. The van der Waals surface area contributed by atoms with Gasteiger partial charge in [0.1, 0.15) is 6.61 Å². The lowest BCUT2D eigenvalue weighted by Gasteiger charge is -2.15. The Morgan fingerprint density at radius 1 is 1.20 bits per heavy atom. The molecule has 0 saturated heterocycles. The molecule has 0 aliphatic carbocycles. The highest BCUT2D eigenvalue weighted by atomic mass is 16.2. The van der Waals surface area contributed by atoms with Gasteiger partial charge in [-0.15, -0.1) is 0 Å². The summed E-state index contributed by atoms with van der Waals surface area (Å²) >= 11 is 0. The van der Waals surface area contributed by atoms with Gasteiger partial charge < -0.3 is 10.4 Å². The van der Waals surface area contributed by atoms with Crippen LogP contribution in [0.15, 0.2) is 54.6 Å². The van der Waals surface area contributed by atoms with Crippen molar-refractivity contribution in [3.05, 3.63) is 60.2 Å². The number of hydrogen-bond acceptors (Lipinski definition) is 2. The molecule has 0 radical (unpaired) electrons. The number of hydrogen-bond donors (Lipinski definition) is 2. The molecule has 2 heteroatoms. The van der Waals surface area contributed by atoms with Crippen molar-refractivity contribution < 1.29 is 5.11 Å². The van der Waals surface area contributed by atoms with Crippen LogP contribution in [0.2, 0.25) is 0 Å². The van der Waals surface area contributed by atoms with Gasteiger partial charge >= 0.3 is 0 Å². The fourth-order valence-corrected chi connectivity index (χ4v) is 2.21. The standard InChI is InChI=1S/C18H19NO/c1-15(19-13-6-2-3-7-14-20)17-12-8-10-16-9-4-5-11-18(16)17/h2,4-6,8-12,15,19-20H,13-14H2,1H3/b6-2+/t15-/m1/s1. The Labute approximate surface area is 120 Å². The van der Waals surface area contributed by atoms with E-state index in [1.807, 2.05) is 6.08 Å². The molecule has 2 aromatic rings. The summed E-state index contributed by atoms with van der Waals surface area (Å²) in [6.07, 6.45) is 3.73. The fourth-order valence-electron chi connectivity index (χ4n) is 2.21. The zero-order valence-corrected chi connectivity index (χ0v) is 11.6. The Morgan fingerprint density at radius 3 is 2.85 bits per heavy atom. The van der Waals surface area contributed by atoms with Crippen molar-refractivity contribution in [3.8, 4) is 11.8 Å². The summed E-state index contributed by atoms with van der Waals surface area (Å²) in [7, 11) is 0. The average Bonchev–Trinajstić information content (AvgIpc) is 2.50. The number of benzene rings is 2. The molecule has 0 amide bonds. The molecular formula is C18H19NO. The molecule has 20 heavy (non-hydrogen) atoms. The zero-order chi connectivity index (χ0) is 14.2. The molecule has 2 nitrogen and oxygen atoms in total. The maximum absolute atomic E-state index is 8.54. The highest BCUT2D eigenvalue weighted by Gasteiger charge is 2.07. The number of nitrogens with one attached hydrogen (secondary N) is 1. The summed E-state index contributed by atoms with van der Waals surface area (Å²) in [5.41, 5.74) is 1.30. The van der Waals surface area contributed by atoms with Crippen LogP contribution in [0.5, 0.6) is 0 Å². The molecule has 0 unspecified atom stereocenters. The second kappa shape index (κ2) is 7.49. The first-order valence-electron chi connectivity index (χ1n) is 6.78. The fraction of sp³-hybridized carbons (Fsp3) is 0.222. The molecule has 0 saturated carbocycles. The van der Waals surface area contributed by atoms with E-state index in [1.165, 1.54) is 16.3 Å². The Balaban J connectivity index is 2.04. The topological polar surface area (TPSA) is 32.3 Å². The van der Waals surface area contributed by atoms with Gasteiger partial charge in [-0.05, 0) is 29.3 Å². The lowest BCUT2D eigenvalue weighted by molar-refractivity contribution is 0.350. The quantitative estimate of drug-likeness (QED) is 0.833. The smallest absolute Gasteiger partial charge is 0.104 e. The third kappa shape index (κ3) is 3.71. The van der Waals surface area contributed by atoms with Gasteiger partial charge in [-0.3, -0.25) is 0 Å². The summed E-state index contributed by atoms with van der Waals surface area (Å²) in [4.78, 5) is 0. The average molecular weight is 265 g/mol. The SMILES string of the molecule is C[C@@H](NC/C=C/C#CCO)c1cccc2ccccc12. The van der Waals surface area contributed by atoms with E-state index in [1.54, 1.807) is 6.08 Å². The van der Waals surface area contributed by atoms with Crippen molar-refractivity contribution in [1.29, 1.82) is 0 Å². The molecule has 0 aromatic heterocycles. The highest BCUT2D eigenvalue weighted by molar-refractivity contribution is 5.86. The van der Waals surface area contributed by atoms with Crippen LogP contribution in [0.25, 0.3) is 10.8 Å². The monoisotopic (exact) mass is 265 g/mol. The van der Waals surface area contributed by atoms with Crippen LogP contribution in [-0.4, -0.2) is 18.3 Å². The van der Waals surface area contributed by atoms with E-state index in [4.69, 9.17) is 5.11 Å². The molecule has 1 atom stereocenters. The largest absolute Gasteiger partial charge is 0.384 e. The third-order valence-corrected chi connectivity index (χ3v) is 3.21. The molecule has 2 N–H and O–H groups in total. The van der Waals surface area contributed by atoms with Crippen LogP contribution in [-0.2, 0) is 0 Å². The van der Waals surface area contributed by atoms with E-state index >= 15 is 0 Å². The maximum atomic E-state index is 8.54.